The minimum Gasteiger partial charge on any atom is -0.486 e. The molecule has 2 heteroatoms. The number of ether oxygens (including phenoxy) is 1. The molecule has 19 heavy (non-hydrogen) atoms. The van der Waals surface area contributed by atoms with Crippen LogP contribution in [0.15, 0.2) is 66.7 Å². The topological polar surface area (TPSA) is 9.23 Å². The van der Waals surface area contributed by atoms with Gasteiger partial charge in [-0.2, -0.15) is 0 Å². The van der Waals surface area contributed by atoms with Crippen molar-refractivity contribution in [3.63, 3.8) is 0 Å². The zero-order chi connectivity index (χ0) is 13.1. The summed E-state index contributed by atoms with van der Waals surface area (Å²) in [4.78, 5) is 0. The molecule has 0 unspecified atom stereocenters. The zero-order valence-electron chi connectivity index (χ0n) is 10.3. The van der Waals surface area contributed by atoms with E-state index in [1.54, 1.807) is 18.2 Å². The van der Waals surface area contributed by atoms with Crippen LogP contribution in [0.4, 0.5) is 4.39 Å². The first kappa shape index (κ1) is 11.7. The van der Waals surface area contributed by atoms with E-state index in [0.717, 1.165) is 16.3 Å². The molecule has 3 aromatic carbocycles. The third-order valence-corrected chi connectivity index (χ3v) is 3.10. The molecule has 0 atom stereocenters. The maximum absolute atomic E-state index is 13.5. The third kappa shape index (κ3) is 2.43. The quantitative estimate of drug-likeness (QED) is 0.664. The van der Waals surface area contributed by atoms with Crippen molar-refractivity contribution >= 4 is 10.8 Å². The molecule has 0 radical (unpaired) electrons. The van der Waals surface area contributed by atoms with Crippen LogP contribution in [0.3, 0.4) is 0 Å². The molecule has 94 valence electrons. The minimum absolute atomic E-state index is 0.287. The van der Waals surface area contributed by atoms with Crippen LogP contribution in [0.25, 0.3) is 10.8 Å². The van der Waals surface area contributed by atoms with Gasteiger partial charge in [0.25, 0.3) is 0 Å². The average molecular weight is 252 g/mol. The molecule has 0 bridgehead atoms. The Bertz CT molecular complexity index is 701. The first-order valence-corrected chi connectivity index (χ1v) is 6.18. The fourth-order valence-electron chi connectivity index (χ4n) is 2.14. The molecule has 0 aromatic heterocycles. The summed E-state index contributed by atoms with van der Waals surface area (Å²) in [5, 5.41) is 2.30. The number of benzene rings is 3. The maximum Gasteiger partial charge on any atom is 0.165 e. The molecule has 3 aromatic rings. The number of rotatable bonds is 3. The monoisotopic (exact) mass is 252 g/mol. The van der Waals surface area contributed by atoms with Gasteiger partial charge < -0.3 is 4.74 Å². The lowest BCUT2D eigenvalue weighted by Crippen LogP contribution is -1.98. The second kappa shape index (κ2) is 5.11. The summed E-state index contributed by atoms with van der Waals surface area (Å²) in [6, 6.07) is 20.6. The summed E-state index contributed by atoms with van der Waals surface area (Å²) >= 11 is 0. The number of hydrogen-bond acceptors (Lipinski definition) is 1. The van der Waals surface area contributed by atoms with E-state index in [4.69, 9.17) is 4.74 Å². The highest BCUT2D eigenvalue weighted by molar-refractivity contribution is 5.85. The van der Waals surface area contributed by atoms with Gasteiger partial charge in [-0.3, -0.25) is 0 Å². The van der Waals surface area contributed by atoms with Gasteiger partial charge in [-0.25, -0.2) is 4.39 Å². The largest absolute Gasteiger partial charge is 0.486 e. The van der Waals surface area contributed by atoms with Crippen molar-refractivity contribution in [1.29, 1.82) is 0 Å². The Morgan fingerprint density at radius 1 is 0.789 bits per heavy atom. The number of fused-ring (bicyclic) bond motifs is 1. The van der Waals surface area contributed by atoms with Crippen molar-refractivity contribution in [1.82, 2.24) is 0 Å². The fraction of sp³-hybridized carbons (Fsp3) is 0.0588. The second-order valence-electron chi connectivity index (χ2n) is 4.36. The first-order valence-electron chi connectivity index (χ1n) is 6.18. The Hall–Kier alpha value is -2.35. The van der Waals surface area contributed by atoms with Gasteiger partial charge in [0.15, 0.2) is 11.6 Å². The zero-order valence-corrected chi connectivity index (χ0v) is 10.3. The van der Waals surface area contributed by atoms with Gasteiger partial charge in [0, 0.05) is 0 Å². The lowest BCUT2D eigenvalue weighted by Gasteiger charge is -2.09. The molecule has 1 nitrogen and oxygen atoms in total. The van der Waals surface area contributed by atoms with E-state index in [1.165, 1.54) is 6.07 Å². The molecule has 0 aliphatic carbocycles. The van der Waals surface area contributed by atoms with Gasteiger partial charge in [-0.1, -0.05) is 54.6 Å². The van der Waals surface area contributed by atoms with E-state index in [9.17, 15) is 4.39 Å². The second-order valence-corrected chi connectivity index (χ2v) is 4.36. The van der Waals surface area contributed by atoms with E-state index >= 15 is 0 Å². The van der Waals surface area contributed by atoms with Crippen LogP contribution in [-0.4, -0.2) is 0 Å². The van der Waals surface area contributed by atoms with Crippen molar-refractivity contribution in [2.75, 3.05) is 0 Å². The van der Waals surface area contributed by atoms with Crippen molar-refractivity contribution < 1.29 is 9.13 Å². The van der Waals surface area contributed by atoms with E-state index < -0.39 is 0 Å². The molecular formula is C17H13FO. The molecule has 0 saturated carbocycles. The fourth-order valence-corrected chi connectivity index (χ4v) is 2.14. The molecule has 0 aliphatic rings. The molecular weight excluding hydrogens is 239 g/mol. The van der Waals surface area contributed by atoms with Gasteiger partial charge >= 0.3 is 0 Å². The first-order chi connectivity index (χ1) is 9.34. The van der Waals surface area contributed by atoms with Crippen molar-refractivity contribution in [2.24, 2.45) is 0 Å². The number of para-hydroxylation sites is 1. The Morgan fingerprint density at radius 3 is 2.42 bits per heavy atom. The summed E-state index contributed by atoms with van der Waals surface area (Å²) in [6.07, 6.45) is 0. The normalized spacial score (nSPS) is 10.6. The van der Waals surface area contributed by atoms with Gasteiger partial charge in [-0.05, 0) is 28.5 Å². The van der Waals surface area contributed by atoms with E-state index in [-0.39, 0.29) is 11.6 Å². The standard InChI is InChI=1S/C17H13FO/c18-16-10-3-4-11-17(16)19-12-14-8-5-7-13-6-1-2-9-15(13)14/h1-11H,12H2. The molecule has 0 amide bonds. The highest BCUT2D eigenvalue weighted by atomic mass is 19.1. The lowest BCUT2D eigenvalue weighted by atomic mass is 10.1. The van der Waals surface area contributed by atoms with Gasteiger partial charge in [-0.15, -0.1) is 0 Å². The smallest absolute Gasteiger partial charge is 0.165 e. The molecule has 0 spiro atoms. The number of hydrogen-bond donors (Lipinski definition) is 0. The molecule has 0 fully saturated rings. The Kier molecular flexibility index (Phi) is 3.15. The Morgan fingerprint density at radius 2 is 1.53 bits per heavy atom. The van der Waals surface area contributed by atoms with Crippen molar-refractivity contribution in [2.45, 2.75) is 6.61 Å². The summed E-state index contributed by atoms with van der Waals surface area (Å²) in [5.41, 5.74) is 1.06. The van der Waals surface area contributed by atoms with E-state index in [2.05, 4.69) is 18.2 Å². The third-order valence-electron chi connectivity index (χ3n) is 3.10. The predicted molar refractivity (Wildman–Crippen MR) is 74.7 cm³/mol. The van der Waals surface area contributed by atoms with Crippen LogP contribution < -0.4 is 4.74 Å². The Balaban J connectivity index is 1.88. The molecule has 3 rings (SSSR count). The maximum atomic E-state index is 13.5. The average Bonchev–Trinajstić information content (AvgIpc) is 2.46. The van der Waals surface area contributed by atoms with Crippen molar-refractivity contribution in [3.05, 3.63) is 78.1 Å². The van der Waals surface area contributed by atoms with Crippen LogP contribution in [0.5, 0.6) is 5.75 Å². The molecule has 0 heterocycles. The van der Waals surface area contributed by atoms with E-state index in [0.29, 0.717) is 6.61 Å². The van der Waals surface area contributed by atoms with Gasteiger partial charge in [0.2, 0.25) is 0 Å². The van der Waals surface area contributed by atoms with Crippen molar-refractivity contribution in [3.8, 4) is 5.75 Å². The molecule has 0 saturated heterocycles. The van der Waals surface area contributed by atoms with Gasteiger partial charge in [0.05, 0.1) is 0 Å². The lowest BCUT2D eigenvalue weighted by molar-refractivity contribution is 0.291. The van der Waals surface area contributed by atoms with Crippen LogP contribution in [0.2, 0.25) is 0 Å². The van der Waals surface area contributed by atoms with Crippen LogP contribution >= 0.6 is 0 Å². The minimum atomic E-state index is -0.331. The summed E-state index contributed by atoms with van der Waals surface area (Å²) in [6.45, 7) is 0.363. The molecule has 0 N–H and O–H groups in total. The number of halogens is 1. The summed E-state index contributed by atoms with van der Waals surface area (Å²) in [5.74, 6) is -0.0434. The van der Waals surface area contributed by atoms with Gasteiger partial charge in [0.1, 0.15) is 6.61 Å². The highest BCUT2D eigenvalue weighted by Gasteiger charge is 2.04. The predicted octanol–water partition coefficient (Wildman–Crippen LogP) is 4.56. The summed E-state index contributed by atoms with van der Waals surface area (Å²) in [7, 11) is 0. The summed E-state index contributed by atoms with van der Waals surface area (Å²) < 4.78 is 19.0. The van der Waals surface area contributed by atoms with Crippen LogP contribution in [0.1, 0.15) is 5.56 Å². The van der Waals surface area contributed by atoms with Crippen LogP contribution in [-0.2, 0) is 6.61 Å². The Labute approximate surface area is 111 Å². The highest BCUT2D eigenvalue weighted by Crippen LogP contribution is 2.22. The SMILES string of the molecule is Fc1ccccc1OCc1cccc2ccccc12. The van der Waals surface area contributed by atoms with E-state index in [1.807, 2.05) is 24.3 Å². The molecule has 0 aliphatic heterocycles. The van der Waals surface area contributed by atoms with Crippen LogP contribution in [0, 0.1) is 5.82 Å².